The van der Waals surface area contributed by atoms with E-state index in [2.05, 4.69) is 20.1 Å². The molecule has 2 aromatic rings. The number of rotatable bonds is 11. The van der Waals surface area contributed by atoms with Crippen molar-refractivity contribution in [2.45, 2.75) is 44.1 Å². The third kappa shape index (κ3) is 6.45. The highest BCUT2D eigenvalue weighted by atomic mass is 31.2. The summed E-state index contributed by atoms with van der Waals surface area (Å²) in [7, 11) is -4.45. The van der Waals surface area contributed by atoms with Gasteiger partial charge in [-0.3, -0.25) is 13.9 Å². The number of para-hydroxylation sites is 1. The van der Waals surface area contributed by atoms with Crippen molar-refractivity contribution in [2.75, 3.05) is 18.9 Å². The third-order valence-electron chi connectivity index (χ3n) is 5.14. The van der Waals surface area contributed by atoms with Gasteiger partial charge in [-0.25, -0.2) is 9.36 Å². The number of carbonyl (C=O) groups excluding carboxylic acids is 1. The maximum absolute atomic E-state index is 13.7. The Morgan fingerprint density at radius 1 is 1.41 bits per heavy atom. The van der Waals surface area contributed by atoms with Gasteiger partial charge in [-0.1, -0.05) is 23.3 Å². The molecule has 37 heavy (non-hydrogen) atoms. The van der Waals surface area contributed by atoms with Crippen molar-refractivity contribution in [3.05, 3.63) is 63.5 Å². The molecule has 1 aromatic heterocycles. The molecular formula is C20H26N7O9P. The lowest BCUT2D eigenvalue weighted by Gasteiger charge is -2.29. The number of aliphatic hydroxyl groups excluding tert-OH is 2. The molecule has 1 aliphatic heterocycles. The van der Waals surface area contributed by atoms with Gasteiger partial charge in [0.25, 0.3) is 0 Å². The van der Waals surface area contributed by atoms with E-state index in [0.29, 0.717) is 0 Å². The van der Waals surface area contributed by atoms with E-state index in [-0.39, 0.29) is 18.2 Å². The van der Waals surface area contributed by atoms with Gasteiger partial charge in [0, 0.05) is 11.1 Å². The van der Waals surface area contributed by atoms with E-state index in [1.807, 2.05) is 0 Å². The molecule has 0 saturated carbocycles. The average molecular weight is 539 g/mol. The summed E-state index contributed by atoms with van der Waals surface area (Å²) in [6.45, 7) is 2.07. The van der Waals surface area contributed by atoms with Gasteiger partial charge in [0.05, 0.1) is 13.2 Å². The number of nitrogens with two attached hydrogens (primary N) is 1. The van der Waals surface area contributed by atoms with Gasteiger partial charge < -0.3 is 29.9 Å². The van der Waals surface area contributed by atoms with Crippen molar-refractivity contribution in [3.63, 3.8) is 0 Å². The van der Waals surface area contributed by atoms with Gasteiger partial charge in [0.15, 0.2) is 6.23 Å². The Bertz CT molecular complexity index is 1260. The van der Waals surface area contributed by atoms with Gasteiger partial charge >= 0.3 is 19.4 Å². The molecule has 16 nitrogen and oxygen atoms in total. The van der Waals surface area contributed by atoms with Crippen LogP contribution in [0.15, 0.2) is 52.5 Å². The monoisotopic (exact) mass is 539 g/mol. The zero-order valence-electron chi connectivity index (χ0n) is 19.8. The first-order valence-corrected chi connectivity index (χ1v) is 12.5. The first-order chi connectivity index (χ1) is 17.5. The molecule has 0 aliphatic carbocycles. The van der Waals surface area contributed by atoms with E-state index in [1.165, 1.54) is 25.1 Å². The molecule has 3 rings (SSSR count). The van der Waals surface area contributed by atoms with Gasteiger partial charge in [-0.05, 0) is 37.6 Å². The number of nitrogen functional groups attached to an aromatic ring is 1. The fraction of sp³-hybridized carbons (Fsp3) is 0.450. The Labute approximate surface area is 210 Å². The summed E-state index contributed by atoms with van der Waals surface area (Å²) in [6.07, 6.45) is -4.18. The van der Waals surface area contributed by atoms with Crippen LogP contribution in [-0.2, 0) is 23.4 Å². The van der Waals surface area contributed by atoms with E-state index in [9.17, 15) is 24.4 Å². The molecule has 0 bridgehead atoms. The summed E-state index contributed by atoms with van der Waals surface area (Å²) >= 11 is 0. The van der Waals surface area contributed by atoms with Crippen molar-refractivity contribution in [1.29, 1.82) is 0 Å². The number of aromatic nitrogens is 2. The second-order valence-corrected chi connectivity index (χ2v) is 9.49. The molecule has 17 heteroatoms. The minimum absolute atomic E-state index is 0.0637. The molecule has 0 amide bonds. The van der Waals surface area contributed by atoms with Crippen molar-refractivity contribution < 1.29 is 38.1 Å². The molecule has 1 unspecified atom stereocenters. The van der Waals surface area contributed by atoms with E-state index in [1.54, 1.807) is 25.1 Å². The lowest BCUT2D eigenvalue weighted by Crippen LogP contribution is -2.45. The fourth-order valence-electron chi connectivity index (χ4n) is 3.36. The second-order valence-electron chi connectivity index (χ2n) is 7.80. The highest BCUT2D eigenvalue weighted by Crippen LogP contribution is 2.48. The summed E-state index contributed by atoms with van der Waals surface area (Å²) in [5.41, 5.74) is 11.3. The third-order valence-corrected chi connectivity index (χ3v) is 6.77. The van der Waals surface area contributed by atoms with Crippen LogP contribution in [-0.4, -0.2) is 62.9 Å². The molecule has 1 aliphatic rings. The minimum atomic E-state index is -4.45. The van der Waals surface area contributed by atoms with Gasteiger partial charge in [-0.15, -0.1) is 0 Å². The summed E-state index contributed by atoms with van der Waals surface area (Å²) in [5, 5.41) is 27.2. The lowest BCUT2D eigenvalue weighted by molar-refractivity contribution is -0.144. The van der Waals surface area contributed by atoms with E-state index >= 15 is 0 Å². The number of aliphatic hydroxyl groups is 2. The molecule has 200 valence electrons. The second kappa shape index (κ2) is 11.7. The maximum Gasteiger partial charge on any atom is 0.459 e. The highest BCUT2D eigenvalue weighted by Gasteiger charge is 2.56. The molecule has 0 spiro atoms. The van der Waals surface area contributed by atoms with Crippen LogP contribution in [0.1, 0.15) is 20.1 Å². The Morgan fingerprint density at radius 3 is 2.73 bits per heavy atom. The molecule has 2 heterocycles. The molecule has 6 atom stereocenters. The number of nitrogens with one attached hydrogen (secondary N) is 1. The van der Waals surface area contributed by atoms with Crippen LogP contribution in [0.2, 0.25) is 0 Å². The summed E-state index contributed by atoms with van der Waals surface area (Å²) < 4.78 is 35.9. The van der Waals surface area contributed by atoms with Gasteiger partial charge in [0.2, 0.25) is 5.72 Å². The number of esters is 1. The maximum atomic E-state index is 13.7. The number of ether oxygens (including phenoxy) is 2. The number of hydrogen-bond acceptors (Lipinski definition) is 12. The Kier molecular flexibility index (Phi) is 8.89. The van der Waals surface area contributed by atoms with E-state index in [0.717, 1.165) is 10.8 Å². The predicted octanol–water partition coefficient (Wildman–Crippen LogP) is 0.828. The standard InChI is InChI=1S/C20H26N7O9P/c1-3-33-18(30)12(2)24-37(32,36-13-7-5-4-6-8-13)34-11-20(25-26-22)16(29)15(28)17(35-20)27-10-9-14(21)23-19(27)31/h4-10,12,15-17,28-29H,3,11H2,1-2H3,(H,24,32)(H2,21,23,31)/t12-,15+,16-,17+,20+,37?/m0/s1. The van der Waals surface area contributed by atoms with Gasteiger partial charge in [0.1, 0.15) is 29.8 Å². The largest absolute Gasteiger partial charge is 0.465 e. The Hall–Kier alpha value is -3.49. The number of benzene rings is 1. The molecule has 1 aromatic carbocycles. The normalized spacial score (nSPS) is 25.5. The average Bonchev–Trinajstić information content (AvgIpc) is 3.09. The molecule has 0 radical (unpaired) electrons. The van der Waals surface area contributed by atoms with Crippen LogP contribution in [0.25, 0.3) is 10.4 Å². The van der Waals surface area contributed by atoms with Crippen LogP contribution < -0.4 is 21.0 Å². The predicted molar refractivity (Wildman–Crippen MR) is 127 cm³/mol. The zero-order chi connectivity index (χ0) is 27.2. The van der Waals surface area contributed by atoms with Crippen molar-refractivity contribution >= 4 is 19.5 Å². The first-order valence-electron chi connectivity index (χ1n) is 10.9. The van der Waals surface area contributed by atoms with E-state index in [4.69, 9.17) is 29.8 Å². The Morgan fingerprint density at radius 2 is 2.11 bits per heavy atom. The molecule has 1 fully saturated rings. The molecule has 5 N–H and O–H groups in total. The van der Waals surface area contributed by atoms with Crippen LogP contribution in [0.4, 0.5) is 5.82 Å². The quantitative estimate of drug-likeness (QED) is 0.102. The van der Waals surface area contributed by atoms with Crippen LogP contribution in [0.3, 0.4) is 0 Å². The Balaban J connectivity index is 1.91. The van der Waals surface area contributed by atoms with Crippen molar-refractivity contribution in [2.24, 2.45) is 5.11 Å². The first kappa shape index (κ1) is 28.1. The van der Waals surface area contributed by atoms with Crippen molar-refractivity contribution in [3.8, 4) is 5.75 Å². The summed E-state index contributed by atoms with van der Waals surface area (Å²) in [6, 6.07) is 7.89. The van der Waals surface area contributed by atoms with E-state index < -0.39 is 56.2 Å². The number of azide groups is 1. The van der Waals surface area contributed by atoms with Crippen LogP contribution in [0.5, 0.6) is 5.75 Å². The minimum Gasteiger partial charge on any atom is -0.465 e. The lowest BCUT2D eigenvalue weighted by atomic mass is 10.1. The number of nitrogens with zero attached hydrogens (tertiary/aromatic N) is 5. The molecule has 1 saturated heterocycles. The SMILES string of the molecule is CCOC(=O)[C@H](C)NP(=O)(OC[C@@]1(N=[N+]=[N-])O[C@@H](n2ccc(N)nc2=O)[C@H](O)[C@@H]1O)Oc1ccccc1. The topological polar surface area (TPSA) is 233 Å². The zero-order valence-corrected chi connectivity index (χ0v) is 20.7. The highest BCUT2D eigenvalue weighted by molar-refractivity contribution is 7.52. The fourth-order valence-corrected chi connectivity index (χ4v) is 4.88. The number of anilines is 1. The van der Waals surface area contributed by atoms with Crippen LogP contribution in [0, 0.1) is 0 Å². The van der Waals surface area contributed by atoms with Gasteiger partial charge in [-0.2, -0.15) is 10.1 Å². The summed E-state index contributed by atoms with van der Waals surface area (Å²) in [4.78, 5) is 30.5. The summed E-state index contributed by atoms with van der Waals surface area (Å²) in [5.74, 6) is -0.757. The molecular weight excluding hydrogens is 513 g/mol. The number of hydrogen-bond donors (Lipinski definition) is 4. The number of carbonyl (C=O) groups is 1. The smallest absolute Gasteiger partial charge is 0.459 e. The van der Waals surface area contributed by atoms with Crippen LogP contribution >= 0.6 is 7.75 Å². The van der Waals surface area contributed by atoms with Crippen molar-refractivity contribution in [1.82, 2.24) is 14.6 Å².